The third kappa shape index (κ3) is 9.42. The van der Waals surface area contributed by atoms with Gasteiger partial charge in [0.2, 0.25) is 0 Å². The van der Waals surface area contributed by atoms with E-state index in [1.807, 2.05) is 0 Å². The molecule has 0 saturated heterocycles. The maximum atomic E-state index is 12.7. The summed E-state index contributed by atoms with van der Waals surface area (Å²) in [5.41, 5.74) is 0.0922. The number of carbonyl (C=O) groups is 2. The van der Waals surface area contributed by atoms with Crippen LogP contribution in [-0.4, -0.2) is 48.2 Å². The highest BCUT2D eigenvalue weighted by molar-refractivity contribution is 6.00. The van der Waals surface area contributed by atoms with Gasteiger partial charge in [-0.15, -0.1) is 0 Å². The van der Waals surface area contributed by atoms with Crippen LogP contribution in [0.1, 0.15) is 43.2 Å². The number of methoxy groups -OCH3 is 1. The Bertz CT molecular complexity index is 688. The van der Waals surface area contributed by atoms with E-state index in [1.54, 1.807) is 7.11 Å². The lowest BCUT2D eigenvalue weighted by molar-refractivity contribution is -0.148. The number of unbranched alkanes of at least 4 members (excludes halogenated alkanes) is 1. The maximum Gasteiger partial charge on any atom is 0.416 e. The standard InChI is InChI=1S/C19H24F3NO6/c1-28-10-3-2-4-16(13-5-7-15(8-6-13)19(20,21)22)23-29-11-9-14(18(26)27)12-17(24)25/h5-8,14H,2-4,9-12H2,1H3,(H,24,25)(H,26,27)/b23-16+. The highest BCUT2D eigenvalue weighted by Gasteiger charge is 2.30. The molecule has 1 unspecified atom stereocenters. The van der Waals surface area contributed by atoms with Gasteiger partial charge >= 0.3 is 18.1 Å². The van der Waals surface area contributed by atoms with Crippen molar-refractivity contribution in [3.05, 3.63) is 35.4 Å². The number of rotatable bonds is 13. The van der Waals surface area contributed by atoms with E-state index >= 15 is 0 Å². The second-order valence-corrected chi connectivity index (χ2v) is 6.32. The number of benzene rings is 1. The minimum Gasteiger partial charge on any atom is -0.481 e. The van der Waals surface area contributed by atoms with Crippen molar-refractivity contribution < 1.29 is 42.5 Å². The number of aliphatic carboxylic acids is 2. The summed E-state index contributed by atoms with van der Waals surface area (Å²) in [6.45, 7) is 0.392. The smallest absolute Gasteiger partial charge is 0.416 e. The molecule has 7 nitrogen and oxygen atoms in total. The summed E-state index contributed by atoms with van der Waals surface area (Å²) >= 11 is 0. The Hall–Kier alpha value is -2.62. The monoisotopic (exact) mass is 419 g/mol. The van der Waals surface area contributed by atoms with Gasteiger partial charge in [-0.3, -0.25) is 9.59 Å². The lowest BCUT2D eigenvalue weighted by Gasteiger charge is -2.11. The van der Waals surface area contributed by atoms with Crippen molar-refractivity contribution in [3.8, 4) is 0 Å². The fraction of sp³-hybridized carbons (Fsp3) is 0.526. The summed E-state index contributed by atoms with van der Waals surface area (Å²) in [6, 6.07) is 4.50. The molecule has 1 aromatic carbocycles. The topological polar surface area (TPSA) is 105 Å². The van der Waals surface area contributed by atoms with Crippen molar-refractivity contribution in [1.29, 1.82) is 0 Å². The third-order valence-electron chi connectivity index (χ3n) is 4.06. The molecule has 10 heteroatoms. The van der Waals surface area contributed by atoms with Crippen molar-refractivity contribution in [1.82, 2.24) is 0 Å². The van der Waals surface area contributed by atoms with E-state index in [0.717, 1.165) is 18.6 Å². The number of carboxylic acid groups (broad SMARTS) is 2. The van der Waals surface area contributed by atoms with Crippen LogP contribution in [0.25, 0.3) is 0 Å². The first kappa shape index (κ1) is 24.4. The molecule has 0 radical (unpaired) electrons. The van der Waals surface area contributed by atoms with E-state index in [4.69, 9.17) is 19.8 Å². The summed E-state index contributed by atoms with van der Waals surface area (Å²) < 4.78 is 43.1. The number of hydrogen-bond donors (Lipinski definition) is 2. The molecule has 1 rings (SSSR count). The first-order valence-electron chi connectivity index (χ1n) is 8.95. The fourth-order valence-corrected chi connectivity index (χ4v) is 2.48. The van der Waals surface area contributed by atoms with Crippen LogP contribution >= 0.6 is 0 Å². The summed E-state index contributed by atoms with van der Waals surface area (Å²) in [5.74, 6) is -3.59. The number of nitrogens with zero attached hydrogens (tertiary/aromatic N) is 1. The summed E-state index contributed by atoms with van der Waals surface area (Å²) in [6.07, 6.45) is -3.24. The van der Waals surface area contributed by atoms with E-state index in [-0.39, 0.29) is 13.0 Å². The second kappa shape index (κ2) is 12.1. The molecule has 2 N–H and O–H groups in total. The maximum absolute atomic E-state index is 12.7. The lowest BCUT2D eigenvalue weighted by atomic mass is 10.0. The van der Waals surface area contributed by atoms with Crippen molar-refractivity contribution in [2.75, 3.05) is 20.3 Å². The number of hydrogen-bond acceptors (Lipinski definition) is 5. The van der Waals surface area contributed by atoms with Crippen LogP contribution in [0.2, 0.25) is 0 Å². The summed E-state index contributed by atoms with van der Waals surface area (Å²) in [5, 5.41) is 21.7. The Morgan fingerprint density at radius 1 is 1.10 bits per heavy atom. The normalized spacial score (nSPS) is 13.2. The molecule has 0 aliphatic rings. The molecule has 0 heterocycles. The fourth-order valence-electron chi connectivity index (χ4n) is 2.48. The van der Waals surface area contributed by atoms with Gasteiger partial charge in [0.15, 0.2) is 0 Å². The largest absolute Gasteiger partial charge is 0.481 e. The van der Waals surface area contributed by atoms with E-state index in [0.29, 0.717) is 30.7 Å². The van der Waals surface area contributed by atoms with Crippen LogP contribution in [0.3, 0.4) is 0 Å². The van der Waals surface area contributed by atoms with E-state index in [9.17, 15) is 22.8 Å². The number of ether oxygens (including phenoxy) is 1. The Balaban J connectivity index is 2.80. The molecule has 0 saturated carbocycles. The lowest BCUT2D eigenvalue weighted by Crippen LogP contribution is -2.19. The van der Waals surface area contributed by atoms with Crippen LogP contribution in [0.15, 0.2) is 29.4 Å². The van der Waals surface area contributed by atoms with E-state index in [1.165, 1.54) is 12.1 Å². The van der Waals surface area contributed by atoms with Crippen molar-refractivity contribution in [2.24, 2.45) is 11.1 Å². The number of alkyl halides is 3. The molecule has 1 atom stereocenters. The van der Waals surface area contributed by atoms with Gasteiger partial charge in [-0.2, -0.15) is 13.2 Å². The Morgan fingerprint density at radius 2 is 1.76 bits per heavy atom. The predicted molar refractivity (Wildman–Crippen MR) is 97.7 cm³/mol. The molecule has 0 bridgehead atoms. The van der Waals surface area contributed by atoms with Gasteiger partial charge in [-0.05, 0) is 43.4 Å². The van der Waals surface area contributed by atoms with Gasteiger partial charge in [-0.1, -0.05) is 17.3 Å². The number of oxime groups is 1. The van der Waals surface area contributed by atoms with E-state index in [2.05, 4.69) is 5.16 Å². The van der Waals surface area contributed by atoms with Crippen LogP contribution in [0.4, 0.5) is 13.2 Å². The first-order valence-corrected chi connectivity index (χ1v) is 8.95. The van der Waals surface area contributed by atoms with Gasteiger partial charge in [0.05, 0.1) is 23.6 Å². The molecule has 162 valence electrons. The molecular formula is C19H24F3NO6. The average Bonchev–Trinajstić information content (AvgIpc) is 2.64. The summed E-state index contributed by atoms with van der Waals surface area (Å²) in [4.78, 5) is 26.9. The molecule has 0 fully saturated rings. The summed E-state index contributed by atoms with van der Waals surface area (Å²) in [7, 11) is 1.56. The first-order chi connectivity index (χ1) is 13.6. The molecule has 0 aliphatic carbocycles. The molecule has 29 heavy (non-hydrogen) atoms. The van der Waals surface area contributed by atoms with Crippen molar-refractivity contribution >= 4 is 17.7 Å². The third-order valence-corrected chi connectivity index (χ3v) is 4.06. The van der Waals surface area contributed by atoms with Gasteiger partial charge in [-0.25, -0.2) is 0 Å². The Labute approximate surface area is 166 Å². The van der Waals surface area contributed by atoms with E-state index < -0.39 is 36.0 Å². The molecular weight excluding hydrogens is 395 g/mol. The highest BCUT2D eigenvalue weighted by Crippen LogP contribution is 2.29. The van der Waals surface area contributed by atoms with Crippen LogP contribution in [0.5, 0.6) is 0 Å². The minimum atomic E-state index is -4.44. The molecule has 1 aromatic rings. The highest BCUT2D eigenvalue weighted by atomic mass is 19.4. The van der Waals surface area contributed by atoms with Crippen LogP contribution in [-0.2, 0) is 25.3 Å². The molecule has 0 amide bonds. The van der Waals surface area contributed by atoms with Gasteiger partial charge in [0, 0.05) is 13.7 Å². The van der Waals surface area contributed by atoms with Crippen molar-refractivity contribution in [2.45, 2.75) is 38.3 Å². The molecule has 0 aromatic heterocycles. The quantitative estimate of drug-likeness (QED) is 0.286. The zero-order chi connectivity index (χ0) is 21.9. The van der Waals surface area contributed by atoms with Gasteiger partial charge in [0.25, 0.3) is 0 Å². The second-order valence-electron chi connectivity index (χ2n) is 6.32. The van der Waals surface area contributed by atoms with Crippen LogP contribution < -0.4 is 0 Å². The number of halogens is 3. The zero-order valence-electron chi connectivity index (χ0n) is 15.9. The minimum absolute atomic E-state index is 0.0604. The van der Waals surface area contributed by atoms with Crippen LogP contribution in [0, 0.1) is 5.92 Å². The molecule has 0 aliphatic heterocycles. The number of carboxylic acids is 2. The zero-order valence-corrected chi connectivity index (χ0v) is 15.9. The van der Waals surface area contributed by atoms with Gasteiger partial charge < -0.3 is 19.8 Å². The molecule has 0 spiro atoms. The Kier molecular flexibility index (Phi) is 10.1. The van der Waals surface area contributed by atoms with Gasteiger partial charge in [0.1, 0.15) is 6.61 Å². The average molecular weight is 419 g/mol. The van der Waals surface area contributed by atoms with Crippen molar-refractivity contribution in [3.63, 3.8) is 0 Å². The SMILES string of the molecule is COCCCC/C(=N\OCCC(CC(=O)O)C(=O)O)c1ccc(C(F)(F)F)cc1. The Morgan fingerprint density at radius 3 is 2.28 bits per heavy atom. The predicted octanol–water partition coefficient (Wildman–Crippen LogP) is 3.81.